The lowest BCUT2D eigenvalue weighted by Crippen LogP contribution is -2.28. The zero-order valence-corrected chi connectivity index (χ0v) is 16.8. The lowest BCUT2D eigenvalue weighted by Gasteiger charge is -2.16. The van der Waals surface area contributed by atoms with Crippen molar-refractivity contribution in [2.45, 2.75) is 19.0 Å². The second kappa shape index (κ2) is 9.61. The average Bonchev–Trinajstić information content (AvgIpc) is 2.78. The van der Waals surface area contributed by atoms with E-state index in [0.29, 0.717) is 11.8 Å². The van der Waals surface area contributed by atoms with E-state index < -0.39 is 28.5 Å². The van der Waals surface area contributed by atoms with Gasteiger partial charge in [0.05, 0.1) is 22.7 Å². The van der Waals surface area contributed by atoms with Crippen molar-refractivity contribution < 1.29 is 18.5 Å². The summed E-state index contributed by atoms with van der Waals surface area (Å²) in [5.74, 6) is -2.65. The largest absolute Gasteiger partial charge is 0.371 e. The van der Waals surface area contributed by atoms with Crippen molar-refractivity contribution in [1.29, 1.82) is 5.26 Å². The van der Waals surface area contributed by atoms with Crippen LogP contribution in [0.2, 0.25) is 0 Å². The number of carbonyl (C=O) groups is 1. The van der Waals surface area contributed by atoms with Gasteiger partial charge < -0.3 is 10.6 Å². The van der Waals surface area contributed by atoms with Crippen LogP contribution >= 0.6 is 0 Å². The van der Waals surface area contributed by atoms with E-state index in [2.05, 4.69) is 15.6 Å². The molecule has 2 N–H and O–H groups in total. The summed E-state index contributed by atoms with van der Waals surface area (Å²) in [5.41, 5.74) is 0.157. The number of carbonyl (C=O) groups excluding carboxylic acids is 1. The van der Waals surface area contributed by atoms with Crippen LogP contribution in [0.5, 0.6) is 0 Å². The Morgan fingerprint density at radius 2 is 1.97 bits per heavy atom. The fraction of sp³-hybridized carbons (Fsp3) is 0.136. The number of hydrogen-bond donors (Lipinski definition) is 2. The van der Waals surface area contributed by atoms with Crippen LogP contribution in [0.3, 0.4) is 0 Å². The summed E-state index contributed by atoms with van der Waals surface area (Å²) >= 11 is 0. The molecule has 3 aromatic rings. The van der Waals surface area contributed by atoms with Crippen molar-refractivity contribution in [3.63, 3.8) is 0 Å². The molecule has 1 aromatic heterocycles. The normalized spacial score (nSPS) is 12.3. The van der Waals surface area contributed by atoms with Gasteiger partial charge in [-0.25, -0.2) is 8.78 Å². The molecule has 0 aliphatic rings. The van der Waals surface area contributed by atoms with Crippen LogP contribution in [-0.4, -0.2) is 15.8 Å². The number of nitro groups is 1. The molecule has 0 spiro atoms. The number of amides is 1. The van der Waals surface area contributed by atoms with E-state index in [1.807, 2.05) is 0 Å². The molecule has 0 radical (unpaired) electrons. The van der Waals surface area contributed by atoms with E-state index in [4.69, 9.17) is 0 Å². The van der Waals surface area contributed by atoms with Gasteiger partial charge in [-0.05, 0) is 37.3 Å². The van der Waals surface area contributed by atoms with Crippen molar-refractivity contribution >= 4 is 17.3 Å². The molecule has 3 rings (SSSR count). The number of nitriles is 1. The third-order valence-corrected chi connectivity index (χ3v) is 4.64. The van der Waals surface area contributed by atoms with Crippen molar-refractivity contribution in [2.75, 3.05) is 5.32 Å². The molecule has 2 aromatic carbocycles. The molecule has 0 aliphatic carbocycles. The van der Waals surface area contributed by atoms with Crippen molar-refractivity contribution in [2.24, 2.45) is 0 Å². The van der Waals surface area contributed by atoms with Crippen molar-refractivity contribution in [1.82, 2.24) is 10.3 Å². The Kier molecular flexibility index (Phi) is 6.70. The van der Waals surface area contributed by atoms with E-state index in [1.54, 1.807) is 37.4 Å². The molecule has 0 saturated carbocycles. The predicted octanol–water partition coefficient (Wildman–Crippen LogP) is 4.44. The fourth-order valence-electron chi connectivity index (χ4n) is 3.01. The fourth-order valence-corrected chi connectivity index (χ4v) is 3.01. The Hall–Kier alpha value is -4.39. The zero-order valence-electron chi connectivity index (χ0n) is 16.8. The molecular formula is C22H17F2N5O3. The first-order valence-electron chi connectivity index (χ1n) is 9.41. The number of nitro benzene ring substituents is 1. The van der Waals surface area contributed by atoms with Crippen LogP contribution in [0.4, 0.5) is 20.2 Å². The number of nitrogens with zero attached hydrogens (tertiary/aromatic N) is 3. The Bertz CT molecular complexity index is 1200. The summed E-state index contributed by atoms with van der Waals surface area (Å²) in [6, 6.07) is 11.6. The van der Waals surface area contributed by atoms with Crippen LogP contribution < -0.4 is 10.6 Å². The number of nitrogens with one attached hydrogen (secondary N) is 2. The van der Waals surface area contributed by atoms with Crippen LogP contribution in [-0.2, 0) is 0 Å². The Balaban J connectivity index is 1.83. The maximum Gasteiger partial charge on any atom is 0.293 e. The second-order valence-electron chi connectivity index (χ2n) is 6.81. The first kappa shape index (κ1) is 22.3. The van der Waals surface area contributed by atoms with E-state index in [-0.39, 0.29) is 28.5 Å². The highest BCUT2D eigenvalue weighted by molar-refractivity contribution is 5.96. The van der Waals surface area contributed by atoms with Gasteiger partial charge in [-0.3, -0.25) is 19.9 Å². The molecule has 2 atom stereocenters. The molecule has 0 bridgehead atoms. The highest BCUT2D eigenvalue weighted by Gasteiger charge is 2.23. The van der Waals surface area contributed by atoms with E-state index in [1.165, 1.54) is 12.1 Å². The molecule has 10 heteroatoms. The third kappa shape index (κ3) is 5.02. The maximum atomic E-state index is 14.0. The molecule has 0 aliphatic heterocycles. The lowest BCUT2D eigenvalue weighted by molar-refractivity contribution is -0.384. The quantitative estimate of drug-likeness (QED) is 0.416. The van der Waals surface area contributed by atoms with Crippen molar-refractivity contribution in [3.05, 3.63) is 99.4 Å². The van der Waals surface area contributed by atoms with Gasteiger partial charge in [0.2, 0.25) is 0 Å². The number of anilines is 1. The minimum atomic E-state index is -1.41. The molecule has 0 fully saturated rings. The van der Waals surface area contributed by atoms with Crippen molar-refractivity contribution in [3.8, 4) is 6.07 Å². The van der Waals surface area contributed by atoms with Crippen LogP contribution in [0.1, 0.15) is 40.6 Å². The summed E-state index contributed by atoms with van der Waals surface area (Å²) < 4.78 is 27.1. The third-order valence-electron chi connectivity index (χ3n) is 4.64. The number of benzene rings is 2. The first-order valence-corrected chi connectivity index (χ1v) is 9.41. The Morgan fingerprint density at radius 3 is 2.59 bits per heavy atom. The summed E-state index contributed by atoms with van der Waals surface area (Å²) in [4.78, 5) is 27.7. The molecule has 2 unspecified atom stereocenters. The average molecular weight is 437 g/mol. The van der Waals surface area contributed by atoms with Gasteiger partial charge in [0.1, 0.15) is 23.4 Å². The van der Waals surface area contributed by atoms with Gasteiger partial charge in [-0.2, -0.15) is 5.26 Å². The van der Waals surface area contributed by atoms with E-state index >= 15 is 0 Å². The highest BCUT2D eigenvalue weighted by Crippen LogP contribution is 2.29. The van der Waals surface area contributed by atoms with Gasteiger partial charge in [-0.15, -0.1) is 0 Å². The Labute approximate surface area is 181 Å². The minimum absolute atomic E-state index is 0.101. The van der Waals surface area contributed by atoms with Gasteiger partial charge in [0.15, 0.2) is 0 Å². The molecule has 1 amide bonds. The lowest BCUT2D eigenvalue weighted by atomic mass is 10.1. The van der Waals surface area contributed by atoms with Crippen LogP contribution in [0.25, 0.3) is 0 Å². The van der Waals surface area contributed by atoms with Crippen LogP contribution in [0.15, 0.2) is 60.8 Å². The SMILES string of the molecule is CC(Nc1ccc(C(=O)NC(C#N)c2ccc(F)cc2F)cc1[N+](=O)[O-])c1ccccn1. The number of halogens is 2. The molecule has 1 heterocycles. The standard InChI is InChI=1S/C22H17F2N5O3/c1-13(18-4-2-3-9-26-18)27-19-8-5-14(10-21(19)29(31)32)22(30)28-20(12-25)16-7-6-15(23)11-17(16)24/h2-11,13,20,27H,1H3,(H,28,30). The second-order valence-corrected chi connectivity index (χ2v) is 6.81. The van der Waals surface area contributed by atoms with Gasteiger partial charge in [-0.1, -0.05) is 12.1 Å². The number of aromatic nitrogens is 1. The van der Waals surface area contributed by atoms with Gasteiger partial charge >= 0.3 is 0 Å². The molecule has 32 heavy (non-hydrogen) atoms. The Morgan fingerprint density at radius 1 is 1.19 bits per heavy atom. The van der Waals surface area contributed by atoms with Gasteiger partial charge in [0, 0.05) is 29.5 Å². The number of pyridine rings is 1. The topological polar surface area (TPSA) is 121 Å². The number of hydrogen-bond acceptors (Lipinski definition) is 6. The number of rotatable bonds is 7. The molecule has 162 valence electrons. The maximum absolute atomic E-state index is 14.0. The monoisotopic (exact) mass is 437 g/mol. The minimum Gasteiger partial charge on any atom is -0.371 e. The molecular weight excluding hydrogens is 420 g/mol. The summed E-state index contributed by atoms with van der Waals surface area (Å²) in [7, 11) is 0. The zero-order chi connectivity index (χ0) is 23.3. The smallest absolute Gasteiger partial charge is 0.293 e. The summed E-state index contributed by atoms with van der Waals surface area (Å²) in [5, 5.41) is 26.2. The first-order chi connectivity index (χ1) is 15.3. The van der Waals surface area contributed by atoms with E-state index in [9.17, 15) is 29.0 Å². The highest BCUT2D eigenvalue weighted by atomic mass is 19.1. The van der Waals surface area contributed by atoms with Crippen LogP contribution in [0, 0.1) is 33.1 Å². The molecule has 0 saturated heterocycles. The predicted molar refractivity (Wildman–Crippen MR) is 112 cm³/mol. The molecule has 8 nitrogen and oxygen atoms in total. The summed E-state index contributed by atoms with van der Waals surface area (Å²) in [6.45, 7) is 1.78. The van der Waals surface area contributed by atoms with E-state index in [0.717, 1.165) is 18.2 Å². The summed E-state index contributed by atoms with van der Waals surface area (Å²) in [6.07, 6.45) is 1.60. The van der Waals surface area contributed by atoms with Gasteiger partial charge in [0.25, 0.3) is 11.6 Å².